The second-order valence-corrected chi connectivity index (χ2v) is 7.26. The first kappa shape index (κ1) is 22.6. The topological polar surface area (TPSA) is 83.8 Å². The van der Waals surface area contributed by atoms with E-state index < -0.39 is 5.60 Å². The van der Waals surface area contributed by atoms with Crippen molar-refractivity contribution in [2.45, 2.75) is 59.0 Å². The van der Waals surface area contributed by atoms with Crippen molar-refractivity contribution in [2.75, 3.05) is 7.11 Å². The predicted octanol–water partition coefficient (Wildman–Crippen LogP) is 4.14. The molecule has 0 amide bonds. The maximum atomic E-state index is 12.2. The SMILES string of the molecule is COc1c(C)cc(O)cc1C=CC(C)(O)CC(=O)C=C(C)CCCC(C)=O. The van der Waals surface area contributed by atoms with Crippen LogP contribution in [-0.2, 0) is 9.59 Å². The molecule has 0 heterocycles. The van der Waals surface area contributed by atoms with Crippen LogP contribution in [0.2, 0.25) is 0 Å². The minimum atomic E-state index is -1.34. The monoisotopic (exact) mass is 374 g/mol. The van der Waals surface area contributed by atoms with Crippen LogP contribution in [0.4, 0.5) is 0 Å². The minimum absolute atomic E-state index is 0.0618. The van der Waals surface area contributed by atoms with Crippen LogP contribution in [-0.4, -0.2) is 34.5 Å². The van der Waals surface area contributed by atoms with Crippen molar-refractivity contribution in [3.05, 3.63) is 41.0 Å². The molecule has 1 aromatic carbocycles. The average molecular weight is 374 g/mol. The fraction of sp³-hybridized carbons (Fsp3) is 0.455. The molecule has 148 valence electrons. The fourth-order valence-electron chi connectivity index (χ4n) is 2.88. The Morgan fingerprint density at radius 3 is 2.48 bits per heavy atom. The maximum absolute atomic E-state index is 12.2. The van der Waals surface area contributed by atoms with Crippen molar-refractivity contribution < 1.29 is 24.5 Å². The van der Waals surface area contributed by atoms with Gasteiger partial charge in [0.2, 0.25) is 0 Å². The Kier molecular flexibility index (Phi) is 8.44. The van der Waals surface area contributed by atoms with E-state index in [9.17, 15) is 19.8 Å². The summed E-state index contributed by atoms with van der Waals surface area (Å²) in [7, 11) is 1.54. The van der Waals surface area contributed by atoms with Crippen LogP contribution in [0.5, 0.6) is 11.5 Å². The Bertz CT molecular complexity index is 741. The van der Waals surface area contributed by atoms with Gasteiger partial charge in [0.1, 0.15) is 17.3 Å². The molecule has 27 heavy (non-hydrogen) atoms. The molecule has 0 saturated carbocycles. The lowest BCUT2D eigenvalue weighted by Crippen LogP contribution is -2.24. The lowest BCUT2D eigenvalue weighted by molar-refractivity contribution is -0.118. The summed E-state index contributed by atoms with van der Waals surface area (Å²) in [5.74, 6) is 0.670. The Morgan fingerprint density at radius 1 is 1.22 bits per heavy atom. The number of aliphatic hydroxyl groups is 1. The highest BCUT2D eigenvalue weighted by Crippen LogP contribution is 2.30. The van der Waals surface area contributed by atoms with Crippen LogP contribution in [0.15, 0.2) is 29.9 Å². The second-order valence-electron chi connectivity index (χ2n) is 7.26. The number of ketones is 2. The predicted molar refractivity (Wildman–Crippen MR) is 107 cm³/mol. The van der Waals surface area contributed by atoms with Gasteiger partial charge in [-0.2, -0.15) is 0 Å². The molecular weight excluding hydrogens is 344 g/mol. The van der Waals surface area contributed by atoms with E-state index in [2.05, 4.69) is 0 Å². The number of carbonyl (C=O) groups excluding carboxylic acids is 2. The quantitative estimate of drug-likeness (QED) is 0.601. The van der Waals surface area contributed by atoms with Gasteiger partial charge in [-0.1, -0.05) is 17.7 Å². The van der Waals surface area contributed by atoms with Crippen molar-refractivity contribution in [1.29, 1.82) is 0 Å². The number of aryl methyl sites for hydroxylation is 1. The van der Waals surface area contributed by atoms with Gasteiger partial charge in [-0.05, 0) is 64.3 Å². The summed E-state index contributed by atoms with van der Waals surface area (Å²) in [6.45, 7) is 6.78. The standard InChI is InChI=1S/C22H30O5/c1-15(7-6-8-17(3)23)11-20(25)14-22(4,26)10-9-18-13-19(24)12-16(2)21(18)27-5/h9-13,24,26H,6-8,14H2,1-5H3. The lowest BCUT2D eigenvalue weighted by atomic mass is 9.95. The number of aromatic hydroxyl groups is 1. The highest BCUT2D eigenvalue weighted by molar-refractivity contribution is 5.91. The summed E-state index contributed by atoms with van der Waals surface area (Å²) in [5.41, 5.74) is 0.958. The van der Waals surface area contributed by atoms with E-state index >= 15 is 0 Å². The number of ether oxygens (including phenoxy) is 1. The number of benzene rings is 1. The molecule has 5 nitrogen and oxygen atoms in total. The van der Waals surface area contributed by atoms with Gasteiger partial charge in [0.05, 0.1) is 12.7 Å². The Hall–Kier alpha value is -2.40. The first-order chi connectivity index (χ1) is 12.5. The summed E-state index contributed by atoms with van der Waals surface area (Å²) in [4.78, 5) is 23.2. The number of phenolic OH excluding ortho intramolecular Hbond substituents is 1. The van der Waals surface area contributed by atoms with Gasteiger partial charge < -0.3 is 19.7 Å². The Balaban J connectivity index is 2.79. The third kappa shape index (κ3) is 8.22. The van der Waals surface area contributed by atoms with E-state index in [1.165, 1.54) is 19.3 Å². The molecule has 0 aromatic heterocycles. The number of rotatable bonds is 10. The van der Waals surface area contributed by atoms with Crippen LogP contribution in [0.3, 0.4) is 0 Å². The first-order valence-electron chi connectivity index (χ1n) is 9.02. The van der Waals surface area contributed by atoms with Crippen LogP contribution in [0.25, 0.3) is 6.08 Å². The van der Waals surface area contributed by atoms with Gasteiger partial charge in [0.15, 0.2) is 5.78 Å². The zero-order valence-electron chi connectivity index (χ0n) is 16.8. The van der Waals surface area contributed by atoms with Crippen LogP contribution in [0.1, 0.15) is 57.6 Å². The number of allylic oxidation sites excluding steroid dienone is 2. The summed E-state index contributed by atoms with van der Waals surface area (Å²) in [6, 6.07) is 3.14. The smallest absolute Gasteiger partial charge is 0.158 e. The highest BCUT2D eigenvalue weighted by atomic mass is 16.5. The van der Waals surface area contributed by atoms with Gasteiger partial charge in [-0.15, -0.1) is 0 Å². The van der Waals surface area contributed by atoms with Gasteiger partial charge in [0, 0.05) is 18.4 Å². The Labute approximate surface area is 161 Å². The Morgan fingerprint density at radius 2 is 1.89 bits per heavy atom. The molecular formula is C22H30O5. The molecule has 0 aliphatic carbocycles. The zero-order chi connectivity index (χ0) is 20.6. The molecule has 1 unspecified atom stereocenters. The third-order valence-corrected chi connectivity index (χ3v) is 4.15. The minimum Gasteiger partial charge on any atom is -0.508 e. The normalized spacial score (nSPS) is 14.2. The van der Waals surface area contributed by atoms with E-state index in [0.717, 1.165) is 17.6 Å². The van der Waals surface area contributed by atoms with E-state index in [1.807, 2.05) is 13.8 Å². The maximum Gasteiger partial charge on any atom is 0.158 e. The molecule has 1 aromatic rings. The molecule has 2 N–H and O–H groups in total. The molecule has 5 heteroatoms. The summed E-state index contributed by atoms with van der Waals surface area (Å²) in [6.07, 6.45) is 6.55. The van der Waals surface area contributed by atoms with E-state index in [4.69, 9.17) is 4.74 Å². The van der Waals surface area contributed by atoms with Crippen molar-refractivity contribution in [1.82, 2.24) is 0 Å². The third-order valence-electron chi connectivity index (χ3n) is 4.15. The largest absolute Gasteiger partial charge is 0.508 e. The molecule has 0 spiro atoms. The van der Waals surface area contributed by atoms with Gasteiger partial charge in [-0.3, -0.25) is 4.79 Å². The van der Waals surface area contributed by atoms with Gasteiger partial charge in [0.25, 0.3) is 0 Å². The van der Waals surface area contributed by atoms with Crippen molar-refractivity contribution >= 4 is 17.6 Å². The molecule has 0 aliphatic rings. The molecule has 1 rings (SSSR count). The summed E-state index contributed by atoms with van der Waals surface area (Å²) < 4.78 is 5.34. The van der Waals surface area contributed by atoms with Crippen LogP contribution >= 0.6 is 0 Å². The number of Topliss-reactive ketones (excluding diaryl/α,β-unsaturated/α-hetero) is 1. The van der Waals surface area contributed by atoms with E-state index in [0.29, 0.717) is 24.2 Å². The van der Waals surface area contributed by atoms with Crippen molar-refractivity contribution in [3.63, 3.8) is 0 Å². The van der Waals surface area contributed by atoms with Crippen LogP contribution in [0, 0.1) is 6.92 Å². The number of methoxy groups -OCH3 is 1. The van der Waals surface area contributed by atoms with Gasteiger partial charge >= 0.3 is 0 Å². The second kappa shape index (κ2) is 10.1. The van der Waals surface area contributed by atoms with Crippen molar-refractivity contribution in [3.8, 4) is 11.5 Å². The number of hydrogen-bond acceptors (Lipinski definition) is 5. The fourth-order valence-corrected chi connectivity index (χ4v) is 2.88. The molecule has 0 fully saturated rings. The summed E-state index contributed by atoms with van der Waals surface area (Å²) in [5, 5.41) is 20.3. The number of carbonyl (C=O) groups is 2. The van der Waals surface area contributed by atoms with Crippen LogP contribution < -0.4 is 4.74 Å². The first-order valence-corrected chi connectivity index (χ1v) is 9.02. The average Bonchev–Trinajstić information content (AvgIpc) is 2.51. The molecule has 0 bridgehead atoms. The molecule has 0 aliphatic heterocycles. The summed E-state index contributed by atoms with van der Waals surface area (Å²) >= 11 is 0. The number of phenols is 1. The molecule has 1 atom stereocenters. The molecule has 0 radical (unpaired) electrons. The van der Waals surface area contributed by atoms with Crippen molar-refractivity contribution in [2.24, 2.45) is 0 Å². The highest BCUT2D eigenvalue weighted by Gasteiger charge is 2.20. The lowest BCUT2D eigenvalue weighted by Gasteiger charge is -2.18. The number of hydrogen-bond donors (Lipinski definition) is 2. The zero-order valence-corrected chi connectivity index (χ0v) is 16.8. The molecule has 0 saturated heterocycles. The van der Waals surface area contributed by atoms with E-state index in [1.54, 1.807) is 32.1 Å². The van der Waals surface area contributed by atoms with Gasteiger partial charge in [-0.25, -0.2) is 0 Å². The van der Waals surface area contributed by atoms with E-state index in [-0.39, 0.29) is 23.7 Å².